The maximum Gasteiger partial charge on any atom is 0.0525 e. The van der Waals surface area contributed by atoms with Crippen molar-refractivity contribution in [2.45, 2.75) is 26.3 Å². The second-order valence-corrected chi connectivity index (χ2v) is 6.06. The Morgan fingerprint density at radius 3 is 2.23 bits per heavy atom. The van der Waals surface area contributed by atoms with Crippen LogP contribution >= 0.6 is 0 Å². The number of rotatable bonds is 3. The summed E-state index contributed by atoms with van der Waals surface area (Å²) >= 11 is 0. The van der Waals surface area contributed by atoms with Crippen LogP contribution in [0.4, 0.5) is 5.69 Å². The second kappa shape index (κ2) is 11.6. The van der Waals surface area contributed by atoms with Gasteiger partial charge in [-0.3, -0.25) is 0 Å². The fourth-order valence-corrected chi connectivity index (χ4v) is 2.52. The molecule has 0 spiro atoms. The molecular formula is C25H29N. The Morgan fingerprint density at radius 1 is 1.04 bits per heavy atom. The Kier molecular flexibility index (Phi) is 9.36. The van der Waals surface area contributed by atoms with Gasteiger partial charge >= 0.3 is 0 Å². The normalized spacial score (nSPS) is 10.6. The first kappa shape index (κ1) is 21.1. The molecule has 0 amide bonds. The summed E-state index contributed by atoms with van der Waals surface area (Å²) in [6, 6.07) is 16.6. The number of anilines is 1. The molecule has 0 N–H and O–H groups in total. The molecule has 1 heteroatoms. The number of hydrogen-bond acceptors (Lipinski definition) is 1. The van der Waals surface area contributed by atoms with Crippen molar-refractivity contribution >= 4 is 5.69 Å². The van der Waals surface area contributed by atoms with Crippen LogP contribution in [-0.2, 0) is 6.54 Å². The van der Waals surface area contributed by atoms with E-state index in [9.17, 15) is 0 Å². The Morgan fingerprint density at radius 2 is 1.62 bits per heavy atom. The highest BCUT2D eigenvalue weighted by Gasteiger charge is 2.10. The van der Waals surface area contributed by atoms with E-state index in [1.165, 1.54) is 16.8 Å². The van der Waals surface area contributed by atoms with Gasteiger partial charge in [-0.1, -0.05) is 53.8 Å². The number of fused-ring (bicyclic) bond motifs is 2. The molecule has 0 saturated heterocycles. The van der Waals surface area contributed by atoms with E-state index >= 15 is 0 Å². The number of hydrogen-bond donors (Lipinski definition) is 0. The van der Waals surface area contributed by atoms with Crippen molar-refractivity contribution in [1.82, 2.24) is 0 Å². The van der Waals surface area contributed by atoms with E-state index in [1.54, 1.807) is 0 Å². The SMILES string of the molecule is C=C.C=CCCC(=C)C.CN1Cc2ccccc2C#Cc2ccccc21. The summed E-state index contributed by atoms with van der Waals surface area (Å²) in [4.78, 5) is 2.25. The summed E-state index contributed by atoms with van der Waals surface area (Å²) in [6.07, 6.45) is 4.06. The summed E-state index contributed by atoms with van der Waals surface area (Å²) in [5.41, 5.74) is 5.96. The summed E-state index contributed by atoms with van der Waals surface area (Å²) in [7, 11) is 2.11. The summed E-state index contributed by atoms with van der Waals surface area (Å²) < 4.78 is 0. The van der Waals surface area contributed by atoms with E-state index in [1.807, 2.05) is 25.1 Å². The second-order valence-electron chi connectivity index (χ2n) is 6.06. The number of benzene rings is 2. The number of allylic oxidation sites excluding steroid dienone is 2. The molecule has 0 saturated carbocycles. The van der Waals surface area contributed by atoms with E-state index in [-0.39, 0.29) is 0 Å². The Balaban J connectivity index is 0.000000321. The molecule has 1 aliphatic rings. The minimum Gasteiger partial charge on any atom is -0.369 e. The van der Waals surface area contributed by atoms with Crippen molar-refractivity contribution < 1.29 is 0 Å². The Labute approximate surface area is 159 Å². The van der Waals surface area contributed by atoms with Gasteiger partial charge in [0.25, 0.3) is 0 Å². The van der Waals surface area contributed by atoms with Gasteiger partial charge in [-0.15, -0.1) is 26.3 Å². The third kappa shape index (κ3) is 6.49. The van der Waals surface area contributed by atoms with Gasteiger partial charge in [0.15, 0.2) is 0 Å². The van der Waals surface area contributed by atoms with Crippen LogP contribution in [0.2, 0.25) is 0 Å². The molecular weight excluding hydrogens is 314 g/mol. The molecule has 134 valence electrons. The Bertz CT molecular complexity index is 789. The predicted octanol–water partition coefficient (Wildman–Crippen LogP) is 6.37. The topological polar surface area (TPSA) is 3.24 Å². The first-order valence-electron chi connectivity index (χ1n) is 8.77. The predicted molar refractivity (Wildman–Crippen MR) is 116 cm³/mol. The maximum atomic E-state index is 3.74. The number of nitrogens with zero attached hydrogens (tertiary/aromatic N) is 1. The van der Waals surface area contributed by atoms with E-state index in [4.69, 9.17) is 0 Å². The van der Waals surface area contributed by atoms with Gasteiger partial charge < -0.3 is 4.90 Å². The van der Waals surface area contributed by atoms with E-state index < -0.39 is 0 Å². The molecule has 2 aromatic rings. The van der Waals surface area contributed by atoms with E-state index in [2.05, 4.69) is 86.5 Å². The molecule has 1 heterocycles. The summed E-state index contributed by atoms with van der Waals surface area (Å²) in [6.45, 7) is 16.3. The molecule has 1 nitrogen and oxygen atoms in total. The molecule has 0 aromatic heterocycles. The molecule has 0 unspecified atom stereocenters. The van der Waals surface area contributed by atoms with Crippen molar-refractivity contribution in [2.24, 2.45) is 0 Å². The van der Waals surface area contributed by atoms with Crippen LogP contribution in [0.1, 0.15) is 36.5 Å². The van der Waals surface area contributed by atoms with Crippen molar-refractivity contribution in [2.75, 3.05) is 11.9 Å². The highest BCUT2D eigenvalue weighted by Crippen LogP contribution is 2.23. The zero-order valence-electron chi connectivity index (χ0n) is 16.1. The van der Waals surface area contributed by atoms with Crippen LogP contribution in [0.25, 0.3) is 0 Å². The molecule has 1 aliphatic heterocycles. The zero-order valence-corrected chi connectivity index (χ0v) is 16.1. The molecule has 2 aromatic carbocycles. The Hall–Kier alpha value is -2.98. The lowest BCUT2D eigenvalue weighted by Crippen LogP contribution is -2.19. The van der Waals surface area contributed by atoms with Crippen molar-refractivity contribution in [1.29, 1.82) is 0 Å². The van der Waals surface area contributed by atoms with Gasteiger partial charge in [0, 0.05) is 24.7 Å². The smallest absolute Gasteiger partial charge is 0.0525 e. The average molecular weight is 344 g/mol. The lowest BCUT2D eigenvalue weighted by atomic mass is 10.0. The first-order valence-corrected chi connectivity index (χ1v) is 8.77. The highest BCUT2D eigenvalue weighted by molar-refractivity contribution is 5.63. The number of para-hydroxylation sites is 1. The van der Waals surface area contributed by atoms with Crippen molar-refractivity contribution in [3.8, 4) is 11.8 Å². The van der Waals surface area contributed by atoms with Gasteiger partial charge in [-0.25, -0.2) is 0 Å². The van der Waals surface area contributed by atoms with Crippen molar-refractivity contribution in [3.05, 3.63) is 103 Å². The first-order chi connectivity index (χ1) is 12.6. The third-order valence-corrected chi connectivity index (χ3v) is 3.85. The van der Waals surface area contributed by atoms with Crippen molar-refractivity contribution in [3.63, 3.8) is 0 Å². The lowest BCUT2D eigenvalue weighted by molar-refractivity contribution is 0.917. The van der Waals surface area contributed by atoms with Gasteiger partial charge in [0.1, 0.15) is 0 Å². The molecule has 26 heavy (non-hydrogen) atoms. The fourth-order valence-electron chi connectivity index (χ4n) is 2.52. The minimum atomic E-state index is 0.905. The maximum absolute atomic E-state index is 3.74. The monoisotopic (exact) mass is 343 g/mol. The van der Waals surface area contributed by atoms with Crippen LogP contribution in [0, 0.1) is 11.8 Å². The average Bonchev–Trinajstić information content (AvgIpc) is 2.66. The van der Waals surface area contributed by atoms with Gasteiger partial charge in [0.2, 0.25) is 0 Å². The quantitative estimate of drug-likeness (QED) is 0.462. The highest BCUT2D eigenvalue weighted by atomic mass is 15.1. The zero-order chi connectivity index (χ0) is 19.4. The molecule has 3 rings (SSSR count). The standard InChI is InChI=1S/C16H13N.C7H12.C2H4/c1-17-12-15-8-3-2-6-13(15)10-11-14-7-4-5-9-16(14)17;1-4-5-6-7(2)3;1-2/h2-9H,12H2,1H3;4H,1-2,5-6H2,3H3;1-2H2. The summed E-state index contributed by atoms with van der Waals surface area (Å²) in [5.74, 6) is 6.53. The van der Waals surface area contributed by atoms with Crippen LogP contribution < -0.4 is 4.90 Å². The molecule has 0 radical (unpaired) electrons. The van der Waals surface area contributed by atoms with E-state index in [0.717, 1.165) is 30.5 Å². The summed E-state index contributed by atoms with van der Waals surface area (Å²) in [5, 5.41) is 0. The molecule has 0 aliphatic carbocycles. The third-order valence-electron chi connectivity index (χ3n) is 3.85. The van der Waals surface area contributed by atoms with Gasteiger partial charge in [-0.05, 0) is 43.5 Å². The van der Waals surface area contributed by atoms with Crippen LogP contribution in [0.3, 0.4) is 0 Å². The largest absolute Gasteiger partial charge is 0.369 e. The molecule has 0 atom stereocenters. The lowest BCUT2D eigenvalue weighted by Gasteiger charge is -2.22. The molecule has 0 bridgehead atoms. The van der Waals surface area contributed by atoms with Crippen LogP contribution in [-0.4, -0.2) is 7.05 Å². The van der Waals surface area contributed by atoms with Gasteiger partial charge in [-0.2, -0.15) is 0 Å². The van der Waals surface area contributed by atoms with E-state index in [0.29, 0.717) is 0 Å². The minimum absolute atomic E-state index is 0.905. The fraction of sp³-hybridized carbons (Fsp3) is 0.200. The molecule has 0 fully saturated rings. The van der Waals surface area contributed by atoms with Gasteiger partial charge in [0.05, 0.1) is 5.69 Å². The van der Waals surface area contributed by atoms with Crippen LogP contribution in [0.15, 0.2) is 86.5 Å². The van der Waals surface area contributed by atoms with Crippen LogP contribution in [0.5, 0.6) is 0 Å².